The maximum Gasteiger partial charge on any atom is 0.417 e. The van der Waals surface area contributed by atoms with Crippen LogP contribution in [0, 0.1) is 11.7 Å². The van der Waals surface area contributed by atoms with Gasteiger partial charge in [0.25, 0.3) is 0 Å². The Morgan fingerprint density at radius 2 is 1.81 bits per heavy atom. The van der Waals surface area contributed by atoms with Crippen molar-refractivity contribution >= 4 is 23.3 Å². The van der Waals surface area contributed by atoms with E-state index in [0.717, 1.165) is 37.1 Å². The first kappa shape index (κ1) is 21.9. The lowest BCUT2D eigenvalue weighted by Crippen LogP contribution is -2.53. The van der Waals surface area contributed by atoms with Crippen LogP contribution in [0.4, 0.5) is 23.4 Å². The Balaban J connectivity index is 1.38. The quantitative estimate of drug-likeness (QED) is 0.636. The van der Waals surface area contributed by atoms with Crippen LogP contribution in [0.5, 0.6) is 0 Å². The van der Waals surface area contributed by atoms with Gasteiger partial charge in [0, 0.05) is 25.2 Å². The lowest BCUT2D eigenvalue weighted by Gasteiger charge is -2.44. The van der Waals surface area contributed by atoms with Crippen molar-refractivity contribution in [2.24, 2.45) is 5.92 Å². The number of anilines is 1. The Kier molecular flexibility index (Phi) is 5.85. The van der Waals surface area contributed by atoms with Crippen LogP contribution >= 0.6 is 11.6 Å². The smallest absolute Gasteiger partial charge is 0.355 e. The normalized spacial score (nSPS) is 19.1. The van der Waals surface area contributed by atoms with Crippen molar-refractivity contribution in [2.45, 2.75) is 43.8 Å². The summed E-state index contributed by atoms with van der Waals surface area (Å²) < 4.78 is 51.7. The van der Waals surface area contributed by atoms with Crippen LogP contribution in [0.25, 0.3) is 0 Å². The monoisotopic (exact) mass is 455 g/mol. The van der Waals surface area contributed by atoms with E-state index in [4.69, 9.17) is 11.6 Å². The number of aromatic nitrogens is 1. The van der Waals surface area contributed by atoms with Gasteiger partial charge in [-0.1, -0.05) is 23.7 Å². The Labute approximate surface area is 182 Å². The van der Waals surface area contributed by atoms with Gasteiger partial charge in [-0.15, -0.1) is 0 Å². The van der Waals surface area contributed by atoms with Crippen LogP contribution in [0.1, 0.15) is 43.2 Å². The molecule has 0 bridgehead atoms. The van der Waals surface area contributed by atoms with Gasteiger partial charge in [-0.25, -0.2) is 9.37 Å². The van der Waals surface area contributed by atoms with Gasteiger partial charge >= 0.3 is 6.18 Å². The minimum absolute atomic E-state index is 0.0462. The fraction of sp³-hybridized carbons (Fsp3) is 0.455. The molecule has 4 rings (SSSR count). The summed E-state index contributed by atoms with van der Waals surface area (Å²) in [4.78, 5) is 18.7. The molecule has 4 nitrogen and oxygen atoms in total. The molecule has 1 aromatic heterocycles. The zero-order valence-corrected chi connectivity index (χ0v) is 17.4. The van der Waals surface area contributed by atoms with E-state index in [1.165, 1.54) is 12.1 Å². The molecule has 1 N–H and O–H groups in total. The third-order valence-electron chi connectivity index (χ3n) is 6.28. The Hall–Kier alpha value is -2.35. The topological polar surface area (TPSA) is 45.2 Å². The molecular weight excluding hydrogens is 434 g/mol. The lowest BCUT2D eigenvalue weighted by molar-refractivity contribution is -0.137. The van der Waals surface area contributed by atoms with E-state index < -0.39 is 17.3 Å². The zero-order chi connectivity index (χ0) is 22.2. The van der Waals surface area contributed by atoms with Gasteiger partial charge in [-0.3, -0.25) is 4.79 Å². The number of amides is 1. The molecular formula is C22H22ClF4N3O. The summed E-state index contributed by atoms with van der Waals surface area (Å²) in [5.74, 6) is -0.264. The molecule has 9 heteroatoms. The fourth-order valence-corrected chi connectivity index (χ4v) is 4.58. The predicted molar refractivity (Wildman–Crippen MR) is 109 cm³/mol. The molecule has 166 valence electrons. The van der Waals surface area contributed by atoms with Crippen LogP contribution < -0.4 is 10.2 Å². The number of rotatable bonds is 4. The van der Waals surface area contributed by atoms with E-state index in [2.05, 4.69) is 10.3 Å². The van der Waals surface area contributed by atoms with Crippen molar-refractivity contribution in [3.8, 4) is 0 Å². The van der Waals surface area contributed by atoms with Gasteiger partial charge < -0.3 is 10.2 Å². The van der Waals surface area contributed by atoms with Gasteiger partial charge in [0.05, 0.1) is 16.1 Å². The molecule has 1 aliphatic heterocycles. The fourth-order valence-electron chi connectivity index (χ4n) is 4.29. The summed E-state index contributed by atoms with van der Waals surface area (Å²) in [6.45, 7) is 0.944. The van der Waals surface area contributed by atoms with E-state index in [9.17, 15) is 22.4 Å². The average molecular weight is 456 g/mol. The number of hydrogen-bond acceptors (Lipinski definition) is 3. The molecule has 2 heterocycles. The number of pyridine rings is 1. The largest absolute Gasteiger partial charge is 0.417 e. The number of piperidine rings is 1. The second-order valence-corrected chi connectivity index (χ2v) is 8.63. The van der Waals surface area contributed by atoms with Crippen molar-refractivity contribution in [1.29, 1.82) is 0 Å². The number of nitrogens with zero attached hydrogens (tertiary/aromatic N) is 2. The molecule has 1 saturated carbocycles. The minimum atomic E-state index is -4.50. The summed E-state index contributed by atoms with van der Waals surface area (Å²) in [6.07, 6.45) is -0.00315. The third kappa shape index (κ3) is 4.49. The molecule has 0 radical (unpaired) electrons. The van der Waals surface area contributed by atoms with Gasteiger partial charge in [-0.05, 0) is 55.9 Å². The van der Waals surface area contributed by atoms with E-state index in [0.29, 0.717) is 31.7 Å². The molecule has 2 aliphatic rings. The van der Waals surface area contributed by atoms with Gasteiger partial charge in [0.15, 0.2) is 0 Å². The Morgan fingerprint density at radius 1 is 1.16 bits per heavy atom. The Morgan fingerprint density at radius 3 is 2.32 bits per heavy atom. The molecule has 1 amide bonds. The average Bonchev–Trinajstić information content (AvgIpc) is 2.71. The van der Waals surface area contributed by atoms with Crippen molar-refractivity contribution in [3.05, 3.63) is 58.5 Å². The maximum absolute atomic E-state index is 13.3. The SMILES string of the molecule is O=C(NC1(c2ccc(F)cc2)CCC1)C1CCN(c2ncc(C(F)(F)F)cc2Cl)CC1. The maximum atomic E-state index is 13.3. The minimum Gasteiger partial charge on any atom is -0.355 e. The number of halogens is 5. The van der Waals surface area contributed by atoms with Crippen molar-refractivity contribution < 1.29 is 22.4 Å². The van der Waals surface area contributed by atoms with E-state index in [1.54, 1.807) is 12.1 Å². The van der Waals surface area contributed by atoms with Gasteiger partial charge in [0.1, 0.15) is 11.6 Å². The first-order chi connectivity index (χ1) is 14.7. The second kappa shape index (κ2) is 8.30. The number of carbonyl (C=O) groups excluding carboxylic acids is 1. The molecule has 31 heavy (non-hydrogen) atoms. The number of carbonyl (C=O) groups is 1. The van der Waals surface area contributed by atoms with Gasteiger partial charge in [0.2, 0.25) is 5.91 Å². The second-order valence-electron chi connectivity index (χ2n) is 8.22. The summed E-state index contributed by atoms with van der Waals surface area (Å²) in [7, 11) is 0. The van der Waals surface area contributed by atoms with Crippen molar-refractivity contribution in [2.75, 3.05) is 18.0 Å². The summed E-state index contributed by atoms with van der Waals surface area (Å²) in [6, 6.07) is 7.12. The van der Waals surface area contributed by atoms with Crippen LogP contribution in [-0.2, 0) is 16.5 Å². The summed E-state index contributed by atoms with van der Waals surface area (Å²) in [5, 5.41) is 3.13. The molecule has 2 aromatic rings. The number of alkyl halides is 3. The first-order valence-corrected chi connectivity index (χ1v) is 10.6. The number of hydrogen-bond donors (Lipinski definition) is 1. The summed E-state index contributed by atoms with van der Waals surface area (Å²) >= 11 is 6.05. The lowest BCUT2D eigenvalue weighted by atomic mass is 9.71. The highest BCUT2D eigenvalue weighted by molar-refractivity contribution is 6.33. The molecule has 0 unspecified atom stereocenters. The number of benzene rings is 1. The first-order valence-electron chi connectivity index (χ1n) is 10.2. The van der Waals surface area contributed by atoms with Crippen LogP contribution in [-0.4, -0.2) is 24.0 Å². The molecule has 2 fully saturated rings. The highest BCUT2D eigenvalue weighted by Crippen LogP contribution is 2.42. The number of nitrogens with one attached hydrogen (secondary N) is 1. The molecule has 1 aliphatic carbocycles. The standard InChI is InChI=1S/C22H22ClF4N3O/c23-18-12-16(22(25,26)27)13-28-19(18)30-10-6-14(7-11-30)20(31)29-21(8-1-9-21)15-2-4-17(24)5-3-15/h2-5,12-14H,1,6-11H2,(H,29,31). The predicted octanol–water partition coefficient (Wildman–Crippen LogP) is 5.30. The van der Waals surface area contributed by atoms with Gasteiger partial charge in [-0.2, -0.15) is 13.2 Å². The van der Waals surface area contributed by atoms with E-state index in [-0.39, 0.29) is 22.7 Å². The van der Waals surface area contributed by atoms with Crippen LogP contribution in [0.2, 0.25) is 5.02 Å². The summed E-state index contributed by atoms with van der Waals surface area (Å²) in [5.41, 5.74) is -0.422. The Bertz CT molecular complexity index is 952. The molecule has 0 spiro atoms. The van der Waals surface area contributed by atoms with Crippen LogP contribution in [0.15, 0.2) is 36.5 Å². The highest BCUT2D eigenvalue weighted by atomic mass is 35.5. The third-order valence-corrected chi connectivity index (χ3v) is 6.56. The molecule has 0 atom stereocenters. The zero-order valence-electron chi connectivity index (χ0n) is 16.7. The van der Waals surface area contributed by atoms with Crippen LogP contribution in [0.3, 0.4) is 0 Å². The van der Waals surface area contributed by atoms with Crippen molar-refractivity contribution in [1.82, 2.24) is 10.3 Å². The molecule has 1 aromatic carbocycles. The van der Waals surface area contributed by atoms with E-state index >= 15 is 0 Å². The van der Waals surface area contributed by atoms with Crippen molar-refractivity contribution in [3.63, 3.8) is 0 Å². The molecule has 1 saturated heterocycles. The van der Waals surface area contributed by atoms with E-state index in [1.807, 2.05) is 4.90 Å². The highest BCUT2D eigenvalue weighted by Gasteiger charge is 2.41.